The van der Waals surface area contributed by atoms with Gasteiger partial charge in [-0.15, -0.1) is 0 Å². The molecule has 1 heterocycles. The zero-order chi connectivity index (χ0) is 29.2. The Morgan fingerprint density at radius 2 is 1.52 bits per heavy atom. The van der Waals surface area contributed by atoms with Crippen LogP contribution in [0.2, 0.25) is 5.02 Å². The fraction of sp³-hybridized carbons (Fsp3) is 0.429. The highest BCUT2D eigenvalue weighted by Crippen LogP contribution is 2.39. The molecule has 1 aliphatic rings. The molecule has 0 radical (unpaired) electrons. The molecule has 11 nitrogen and oxygen atoms in total. The van der Waals surface area contributed by atoms with E-state index in [0.717, 1.165) is 11.1 Å². The van der Waals surface area contributed by atoms with Gasteiger partial charge in [0.05, 0.1) is 6.21 Å². The molecule has 0 amide bonds. The monoisotopic (exact) mass is 577 g/mol. The molecule has 5 atom stereocenters. The molecule has 40 heavy (non-hydrogen) atoms. The molecule has 1 fully saturated rings. The number of carbonyl (C=O) groups is 3. The number of methoxy groups -OCH3 is 1. The Balaban J connectivity index is 1.91. The van der Waals surface area contributed by atoms with E-state index in [4.69, 9.17) is 40.0 Å². The number of esters is 3. The molecule has 0 aliphatic carbocycles. The molecular formula is C28H32ClNO10. The predicted octanol–water partition coefficient (Wildman–Crippen LogP) is 3.78. The molecule has 0 saturated carbocycles. The van der Waals surface area contributed by atoms with E-state index in [1.54, 1.807) is 12.1 Å². The summed E-state index contributed by atoms with van der Waals surface area (Å²) >= 11 is 6.54. The summed E-state index contributed by atoms with van der Waals surface area (Å²) in [6.07, 6.45) is -3.61. The average molecular weight is 578 g/mol. The first-order valence-corrected chi connectivity index (χ1v) is 12.8. The van der Waals surface area contributed by atoms with Crippen molar-refractivity contribution in [3.63, 3.8) is 0 Å². The van der Waals surface area contributed by atoms with Crippen LogP contribution < -0.4 is 4.74 Å². The highest BCUT2D eigenvalue weighted by Gasteiger charge is 2.52. The Bertz CT molecular complexity index is 1200. The SMILES string of the molecule is CON=CCOc1ccc(Cc2cc([C@@H]3O[C@H](OC)[C@@H](OC(C)=O)[C@H](OC(C)=O)[C@H]3OC(C)=O)ccc2Cl)cc1. The van der Waals surface area contributed by atoms with Gasteiger partial charge < -0.3 is 33.3 Å². The lowest BCUT2D eigenvalue weighted by atomic mass is 9.91. The summed E-state index contributed by atoms with van der Waals surface area (Å²) in [5.74, 6) is -1.29. The van der Waals surface area contributed by atoms with E-state index in [9.17, 15) is 14.4 Å². The second kappa shape index (κ2) is 14.6. The first kappa shape index (κ1) is 30.9. The molecule has 2 aromatic rings. The Morgan fingerprint density at radius 1 is 0.900 bits per heavy atom. The van der Waals surface area contributed by atoms with Gasteiger partial charge in [0, 0.05) is 32.9 Å². The van der Waals surface area contributed by atoms with Crippen LogP contribution in [0.4, 0.5) is 0 Å². The molecule has 1 aliphatic heterocycles. The van der Waals surface area contributed by atoms with Gasteiger partial charge in [0.15, 0.2) is 24.6 Å². The molecule has 12 heteroatoms. The summed E-state index contributed by atoms with van der Waals surface area (Å²) in [5.41, 5.74) is 2.31. The van der Waals surface area contributed by atoms with E-state index >= 15 is 0 Å². The lowest BCUT2D eigenvalue weighted by molar-refractivity contribution is -0.300. The van der Waals surface area contributed by atoms with Crippen LogP contribution in [-0.2, 0) is 49.3 Å². The number of carbonyl (C=O) groups excluding carboxylic acids is 3. The number of rotatable bonds is 11. The lowest BCUT2D eigenvalue weighted by Crippen LogP contribution is -2.58. The summed E-state index contributed by atoms with van der Waals surface area (Å²) in [6.45, 7) is 3.88. The Morgan fingerprint density at radius 3 is 2.12 bits per heavy atom. The molecule has 0 N–H and O–H groups in total. The summed E-state index contributed by atoms with van der Waals surface area (Å²) in [4.78, 5) is 40.5. The normalized spacial score (nSPS) is 22.4. The number of nitrogens with zero attached hydrogens (tertiary/aromatic N) is 1. The van der Waals surface area contributed by atoms with Crippen LogP contribution in [0.25, 0.3) is 0 Å². The van der Waals surface area contributed by atoms with Crippen LogP contribution in [0.15, 0.2) is 47.6 Å². The number of oxime groups is 1. The summed E-state index contributed by atoms with van der Waals surface area (Å²) < 4.78 is 33.6. The van der Waals surface area contributed by atoms with E-state index < -0.39 is 48.6 Å². The fourth-order valence-corrected chi connectivity index (χ4v) is 4.49. The van der Waals surface area contributed by atoms with Crippen molar-refractivity contribution in [3.8, 4) is 5.75 Å². The maximum absolute atomic E-state index is 12.1. The minimum absolute atomic E-state index is 0.265. The van der Waals surface area contributed by atoms with Crippen molar-refractivity contribution in [1.82, 2.24) is 0 Å². The van der Waals surface area contributed by atoms with Crippen LogP contribution in [0.1, 0.15) is 43.6 Å². The molecule has 1 saturated heterocycles. The quantitative estimate of drug-likeness (QED) is 0.168. The molecule has 2 aromatic carbocycles. The van der Waals surface area contributed by atoms with Crippen molar-refractivity contribution < 1.29 is 47.6 Å². The number of benzene rings is 2. The van der Waals surface area contributed by atoms with Gasteiger partial charge >= 0.3 is 17.9 Å². The largest absolute Gasteiger partial charge is 0.488 e. The molecular weight excluding hydrogens is 546 g/mol. The Labute approximate surface area is 237 Å². The summed E-state index contributed by atoms with van der Waals surface area (Å²) in [7, 11) is 2.82. The first-order valence-electron chi connectivity index (χ1n) is 12.4. The molecule has 3 rings (SSSR count). The van der Waals surface area contributed by atoms with E-state index in [0.29, 0.717) is 22.8 Å². The second-order valence-corrected chi connectivity index (χ2v) is 9.24. The fourth-order valence-electron chi connectivity index (χ4n) is 4.30. The molecule has 0 spiro atoms. The van der Waals surface area contributed by atoms with Crippen LogP contribution in [0, 0.1) is 0 Å². The van der Waals surface area contributed by atoms with Crippen LogP contribution in [-0.4, -0.2) is 69.6 Å². The van der Waals surface area contributed by atoms with Crippen LogP contribution in [0.3, 0.4) is 0 Å². The van der Waals surface area contributed by atoms with Crippen molar-refractivity contribution in [2.75, 3.05) is 20.8 Å². The van der Waals surface area contributed by atoms with E-state index in [1.807, 2.05) is 30.3 Å². The van der Waals surface area contributed by atoms with Gasteiger partial charge in [-0.2, -0.15) is 0 Å². The minimum Gasteiger partial charge on any atom is -0.488 e. The maximum atomic E-state index is 12.1. The topological polar surface area (TPSA) is 128 Å². The Kier molecular flexibility index (Phi) is 11.3. The predicted molar refractivity (Wildman–Crippen MR) is 143 cm³/mol. The van der Waals surface area contributed by atoms with E-state index in [1.165, 1.54) is 41.2 Å². The van der Waals surface area contributed by atoms with Gasteiger partial charge in [-0.3, -0.25) is 14.4 Å². The smallest absolute Gasteiger partial charge is 0.303 e. The third-order valence-electron chi connectivity index (χ3n) is 5.85. The van der Waals surface area contributed by atoms with Crippen molar-refractivity contribution in [1.29, 1.82) is 0 Å². The highest BCUT2D eigenvalue weighted by molar-refractivity contribution is 6.31. The Hall–Kier alpha value is -3.67. The highest BCUT2D eigenvalue weighted by atomic mass is 35.5. The van der Waals surface area contributed by atoms with Gasteiger partial charge in [0.25, 0.3) is 0 Å². The molecule has 216 valence electrons. The minimum atomic E-state index is -1.20. The summed E-state index contributed by atoms with van der Waals surface area (Å²) in [6, 6.07) is 12.7. The lowest BCUT2D eigenvalue weighted by Gasteiger charge is -2.44. The summed E-state index contributed by atoms with van der Waals surface area (Å²) in [5, 5.41) is 4.14. The number of hydrogen-bond acceptors (Lipinski definition) is 11. The van der Waals surface area contributed by atoms with E-state index in [-0.39, 0.29) is 6.61 Å². The maximum Gasteiger partial charge on any atom is 0.303 e. The van der Waals surface area contributed by atoms with Gasteiger partial charge in [0.2, 0.25) is 0 Å². The first-order chi connectivity index (χ1) is 19.1. The van der Waals surface area contributed by atoms with Gasteiger partial charge in [-0.05, 0) is 41.3 Å². The molecule has 0 bridgehead atoms. The van der Waals surface area contributed by atoms with Gasteiger partial charge in [0.1, 0.15) is 25.6 Å². The number of ether oxygens (including phenoxy) is 6. The third-order valence-corrected chi connectivity index (χ3v) is 6.22. The zero-order valence-electron chi connectivity index (χ0n) is 22.8. The van der Waals surface area contributed by atoms with Crippen molar-refractivity contribution in [3.05, 3.63) is 64.2 Å². The van der Waals surface area contributed by atoms with Crippen LogP contribution >= 0.6 is 11.6 Å². The van der Waals surface area contributed by atoms with Crippen molar-refractivity contribution in [2.45, 2.75) is 57.9 Å². The second-order valence-electron chi connectivity index (χ2n) is 8.84. The standard InChI is InChI=1S/C28H32ClNO10/c1-16(31)37-25-24(40-28(34-4)27(39-18(3)33)26(25)38-17(2)32)20-8-11-23(29)21(15-20)14-19-6-9-22(10-7-19)36-13-12-30-35-5/h6-12,15,24-28H,13-14H2,1-5H3/t24-,25-,26+,27-,28-/m0/s1. The van der Waals surface area contributed by atoms with Gasteiger partial charge in [-0.1, -0.05) is 41.0 Å². The van der Waals surface area contributed by atoms with Gasteiger partial charge in [-0.25, -0.2) is 0 Å². The van der Waals surface area contributed by atoms with Crippen molar-refractivity contribution in [2.24, 2.45) is 5.16 Å². The average Bonchev–Trinajstić information content (AvgIpc) is 2.90. The zero-order valence-corrected chi connectivity index (χ0v) is 23.6. The van der Waals surface area contributed by atoms with Crippen LogP contribution in [0.5, 0.6) is 5.75 Å². The van der Waals surface area contributed by atoms with E-state index in [2.05, 4.69) is 9.99 Å². The molecule has 0 unspecified atom stereocenters. The third kappa shape index (κ3) is 8.41. The number of halogens is 1. The van der Waals surface area contributed by atoms with Crippen molar-refractivity contribution >= 4 is 35.7 Å². The molecule has 0 aromatic heterocycles. The number of hydrogen-bond donors (Lipinski definition) is 0.